The van der Waals surface area contributed by atoms with Gasteiger partial charge in [-0.1, -0.05) is 0 Å². The van der Waals surface area contributed by atoms with Crippen LogP contribution in [0, 0.1) is 5.92 Å². The van der Waals surface area contributed by atoms with Crippen molar-refractivity contribution in [3.8, 4) is 0 Å². The van der Waals surface area contributed by atoms with Crippen molar-refractivity contribution in [1.29, 1.82) is 0 Å². The van der Waals surface area contributed by atoms with E-state index in [1.807, 2.05) is 27.7 Å². The van der Waals surface area contributed by atoms with E-state index >= 15 is 0 Å². The van der Waals surface area contributed by atoms with Crippen LogP contribution in [-0.4, -0.2) is 107 Å². The van der Waals surface area contributed by atoms with Crippen molar-refractivity contribution in [3.63, 3.8) is 0 Å². The third kappa shape index (κ3) is 10.1. The number of ether oxygens (including phenoxy) is 3. The predicted octanol–water partition coefficient (Wildman–Crippen LogP) is 8.45. The fourth-order valence-electron chi connectivity index (χ4n) is 11.7. The number of carbonyl (C=O) groups excluding carboxylic acids is 4. The van der Waals surface area contributed by atoms with Gasteiger partial charge in [-0.25, -0.2) is 14.4 Å². The standard InChI is InChI=1S/C47H72N4O11/c1-40(2)20-28(21-41(3,4)48(40)56)17-36(52)32-18-34(38(54)61-30-24-44(9,10)50(58)45(11,12)25-30)35(39(55)62-31-26-46(13,14)51(59)47(15,16)27-31)19-33(32)37(53)60-29-22-42(5,6)49(57)43(7,8)23-29/h18-19,28-31H,17,20-27H2,1-16H3. The van der Waals surface area contributed by atoms with Gasteiger partial charge in [-0.15, -0.1) is 41.1 Å². The van der Waals surface area contributed by atoms with Gasteiger partial charge in [-0.2, -0.15) is 0 Å². The van der Waals surface area contributed by atoms with Crippen molar-refractivity contribution in [2.75, 3.05) is 0 Å². The molecule has 4 fully saturated rings. The van der Waals surface area contributed by atoms with Crippen molar-refractivity contribution < 1.29 is 54.2 Å². The summed E-state index contributed by atoms with van der Waals surface area (Å²) in [5.74, 6) is -3.58. The first-order valence-corrected chi connectivity index (χ1v) is 22.2. The molecule has 0 saturated carbocycles. The molecule has 4 aliphatic rings. The molecule has 1 aromatic rings. The van der Waals surface area contributed by atoms with Gasteiger partial charge in [0, 0.05) is 94.8 Å². The smallest absolute Gasteiger partial charge is 0.339 e. The zero-order valence-electron chi connectivity index (χ0n) is 40.1. The molecule has 5 rings (SSSR count). The number of carbonyl (C=O) groups is 4. The number of hydrogen-bond acceptors (Lipinski definition) is 11. The molecule has 4 radical (unpaired) electrons. The van der Waals surface area contributed by atoms with E-state index in [4.69, 9.17) is 14.2 Å². The first-order valence-electron chi connectivity index (χ1n) is 22.2. The SMILES string of the molecule is CC1(C)CC(CC(=O)c2cc(C(=O)OC3CC(C)(C)N([O])C(C)(C)C3)c(C(=O)OC3CC(C)(C)N([O])C(C)(C)C3)cc2C(=O)OC2CC(C)(C)N([O])C(C)(C)C2)CC(C)(C)N1[O]. The van der Waals surface area contributed by atoms with Crippen molar-refractivity contribution in [1.82, 2.24) is 20.3 Å². The maximum absolute atomic E-state index is 14.7. The lowest BCUT2D eigenvalue weighted by Gasteiger charge is -2.50. The molecule has 4 saturated heterocycles. The quantitative estimate of drug-likeness (QED) is 0.132. The molecule has 0 aromatic heterocycles. The Kier molecular flexibility index (Phi) is 13.3. The Hall–Kier alpha value is -3.02. The lowest BCUT2D eigenvalue weighted by molar-refractivity contribution is -0.298. The van der Waals surface area contributed by atoms with Crippen LogP contribution in [0.3, 0.4) is 0 Å². The van der Waals surface area contributed by atoms with Crippen LogP contribution in [0.25, 0.3) is 0 Å². The summed E-state index contributed by atoms with van der Waals surface area (Å²) in [5.41, 5.74) is -8.00. The first-order chi connectivity index (χ1) is 27.9. The molecule has 1 aromatic carbocycles. The van der Waals surface area contributed by atoms with E-state index in [1.54, 1.807) is 83.1 Å². The van der Waals surface area contributed by atoms with E-state index in [0.29, 0.717) is 12.8 Å². The molecule has 4 aliphatic heterocycles. The number of esters is 3. The number of ketones is 1. The number of piperidine rings is 4. The van der Waals surface area contributed by atoms with E-state index in [0.717, 1.165) is 20.3 Å². The van der Waals surface area contributed by atoms with E-state index in [2.05, 4.69) is 0 Å². The van der Waals surface area contributed by atoms with Gasteiger partial charge in [-0.05, 0) is 142 Å². The number of Topliss-reactive ketones (excluding diaryl/α,β-unsaturated/α-hetero) is 1. The van der Waals surface area contributed by atoms with Gasteiger partial charge in [-0.3, -0.25) is 4.79 Å². The molecule has 0 unspecified atom stereocenters. The largest absolute Gasteiger partial charge is 0.459 e. The van der Waals surface area contributed by atoms with Gasteiger partial charge in [0.1, 0.15) is 18.3 Å². The predicted molar refractivity (Wildman–Crippen MR) is 226 cm³/mol. The molecule has 0 amide bonds. The second-order valence-corrected chi connectivity index (χ2v) is 23.8. The summed E-state index contributed by atoms with van der Waals surface area (Å²) in [4.78, 5) is 58.4. The summed E-state index contributed by atoms with van der Waals surface area (Å²) in [5, 5.41) is 56.9. The second-order valence-electron chi connectivity index (χ2n) is 23.8. The van der Waals surface area contributed by atoms with E-state index < -0.39 is 86.3 Å². The van der Waals surface area contributed by atoms with Gasteiger partial charge in [0.2, 0.25) is 0 Å². The molecule has 0 spiro atoms. The Morgan fingerprint density at radius 2 is 0.613 bits per heavy atom. The third-order valence-corrected chi connectivity index (χ3v) is 13.8. The molecule has 0 atom stereocenters. The lowest BCUT2D eigenvalue weighted by atomic mass is 9.73. The normalized spacial score (nSPS) is 26.7. The minimum Gasteiger partial charge on any atom is -0.459 e. The number of hydroxylamine groups is 8. The summed E-state index contributed by atoms with van der Waals surface area (Å²) in [6.45, 7) is 28.5. The van der Waals surface area contributed by atoms with Crippen LogP contribution in [0.2, 0.25) is 0 Å². The Morgan fingerprint density at radius 3 is 0.871 bits per heavy atom. The maximum Gasteiger partial charge on any atom is 0.339 e. The van der Waals surface area contributed by atoms with Gasteiger partial charge in [0.05, 0.1) is 16.7 Å². The monoisotopic (exact) mass is 869 g/mol. The Labute approximate surface area is 368 Å². The van der Waals surface area contributed by atoms with Gasteiger partial charge in [0.15, 0.2) is 5.78 Å². The Bertz CT molecular complexity index is 1580. The molecule has 4 heterocycles. The van der Waals surface area contributed by atoms with Crippen molar-refractivity contribution in [3.05, 3.63) is 34.4 Å². The molecule has 346 valence electrons. The maximum atomic E-state index is 14.7. The Morgan fingerprint density at radius 1 is 0.403 bits per heavy atom. The molecule has 0 N–H and O–H groups in total. The zero-order chi connectivity index (χ0) is 47.1. The molecule has 62 heavy (non-hydrogen) atoms. The molecule has 15 nitrogen and oxygen atoms in total. The fourth-order valence-corrected chi connectivity index (χ4v) is 11.7. The number of nitrogens with zero attached hydrogens (tertiary/aromatic N) is 4. The van der Waals surface area contributed by atoms with Crippen molar-refractivity contribution in [2.24, 2.45) is 5.92 Å². The van der Waals surface area contributed by atoms with Crippen LogP contribution in [0.1, 0.15) is 210 Å². The summed E-state index contributed by atoms with van der Waals surface area (Å²) >= 11 is 0. The lowest BCUT2D eigenvalue weighted by Crippen LogP contribution is -2.60. The number of hydrogen-bond donors (Lipinski definition) is 0. The third-order valence-electron chi connectivity index (χ3n) is 13.8. The van der Waals surface area contributed by atoms with Crippen molar-refractivity contribution >= 4 is 23.7 Å². The van der Waals surface area contributed by atoms with Gasteiger partial charge < -0.3 is 14.2 Å². The summed E-state index contributed by atoms with van der Waals surface area (Å²) in [6, 6.07) is 2.40. The van der Waals surface area contributed by atoms with Crippen molar-refractivity contribution in [2.45, 2.75) is 231 Å². The van der Waals surface area contributed by atoms with Crippen LogP contribution < -0.4 is 0 Å². The first kappa shape index (κ1) is 50.0. The molecular weight excluding hydrogens is 797 g/mol. The minimum atomic E-state index is -0.954. The van der Waals surface area contributed by atoms with E-state index in [9.17, 15) is 40.0 Å². The molecular formula is C47H72N4O11. The average molecular weight is 869 g/mol. The average Bonchev–Trinajstić information content (AvgIpc) is 3.09. The topological polar surface area (TPSA) is 189 Å². The summed E-state index contributed by atoms with van der Waals surface area (Å²) in [7, 11) is 0. The number of rotatable bonds is 9. The van der Waals surface area contributed by atoms with Crippen LogP contribution in [0.5, 0.6) is 0 Å². The highest BCUT2D eigenvalue weighted by atomic mass is 16.6. The van der Waals surface area contributed by atoms with Crippen LogP contribution >= 0.6 is 0 Å². The molecule has 15 heteroatoms. The number of benzene rings is 1. The second kappa shape index (κ2) is 16.4. The fraction of sp³-hybridized carbons (Fsp3) is 0.787. The van der Waals surface area contributed by atoms with Crippen LogP contribution in [-0.2, 0) is 35.0 Å². The van der Waals surface area contributed by atoms with E-state index in [1.165, 1.54) is 12.1 Å². The van der Waals surface area contributed by atoms with E-state index in [-0.39, 0.29) is 73.1 Å². The van der Waals surface area contributed by atoms with Gasteiger partial charge >= 0.3 is 17.9 Å². The summed E-state index contributed by atoms with van der Waals surface area (Å²) in [6.07, 6.45) is -0.354. The molecule has 0 bridgehead atoms. The van der Waals surface area contributed by atoms with Crippen LogP contribution in [0.15, 0.2) is 12.1 Å². The molecule has 0 aliphatic carbocycles. The minimum absolute atomic E-state index is 0.0732. The highest BCUT2D eigenvalue weighted by molar-refractivity contribution is 6.12. The zero-order valence-corrected chi connectivity index (χ0v) is 40.1. The van der Waals surface area contributed by atoms with Gasteiger partial charge in [0.25, 0.3) is 0 Å². The highest BCUT2D eigenvalue weighted by Crippen LogP contribution is 2.44. The van der Waals surface area contributed by atoms with Crippen LogP contribution in [0.4, 0.5) is 0 Å². The highest BCUT2D eigenvalue weighted by Gasteiger charge is 2.51. The Balaban J connectivity index is 1.63. The summed E-state index contributed by atoms with van der Waals surface area (Å²) < 4.78 is 18.4.